The molecule has 1 aliphatic rings. The van der Waals surface area contributed by atoms with Crippen LogP contribution in [-0.2, 0) is 13.1 Å². The first-order chi connectivity index (χ1) is 11.2. The molecule has 3 heterocycles. The molecule has 0 aromatic carbocycles. The van der Waals surface area contributed by atoms with E-state index in [4.69, 9.17) is 4.98 Å². The zero-order valence-corrected chi connectivity index (χ0v) is 18.0. The number of imidazole rings is 1. The molecule has 0 aliphatic carbocycles. The first-order valence-electron chi connectivity index (χ1n) is 8.33. The van der Waals surface area contributed by atoms with Gasteiger partial charge in [0.05, 0.1) is 0 Å². The van der Waals surface area contributed by atoms with Crippen molar-refractivity contribution in [2.24, 2.45) is 5.92 Å². The van der Waals surface area contributed by atoms with E-state index >= 15 is 0 Å². The molecule has 2 aromatic rings. The van der Waals surface area contributed by atoms with Crippen molar-refractivity contribution in [2.75, 3.05) is 12.3 Å². The number of fused-ring (bicyclic) bond motifs is 1. The third-order valence-electron chi connectivity index (χ3n) is 4.58. The summed E-state index contributed by atoms with van der Waals surface area (Å²) >= 11 is 1.48. The van der Waals surface area contributed by atoms with Gasteiger partial charge in [-0.3, -0.25) is 0 Å². The van der Waals surface area contributed by atoms with Gasteiger partial charge in [0.15, 0.2) is 0 Å². The van der Waals surface area contributed by atoms with Gasteiger partial charge in [-0.15, -0.1) is 0 Å². The summed E-state index contributed by atoms with van der Waals surface area (Å²) in [4.78, 5) is 9.50. The van der Waals surface area contributed by atoms with Crippen LogP contribution in [0.1, 0.15) is 37.4 Å². The van der Waals surface area contributed by atoms with Crippen molar-refractivity contribution >= 4 is 43.1 Å². The Kier molecular flexibility index (Phi) is 5.02. The van der Waals surface area contributed by atoms with Gasteiger partial charge in [-0.25, -0.2) is 0 Å². The Labute approximate surface area is 153 Å². The van der Waals surface area contributed by atoms with Gasteiger partial charge in [0.25, 0.3) is 0 Å². The summed E-state index contributed by atoms with van der Waals surface area (Å²) in [5.41, 5.74) is 4.33. The number of aryl methyl sites for hydroxylation is 2. The van der Waals surface area contributed by atoms with Crippen LogP contribution in [0.4, 0.5) is 0 Å². The van der Waals surface area contributed by atoms with Crippen LogP contribution in [-0.4, -0.2) is 57.1 Å². The van der Waals surface area contributed by atoms with Crippen molar-refractivity contribution in [2.45, 2.75) is 47.2 Å². The second-order valence-corrected chi connectivity index (χ2v) is 10.3. The second kappa shape index (κ2) is 6.61. The molecule has 0 saturated carbocycles. The van der Waals surface area contributed by atoms with E-state index < -0.39 is 10.8 Å². The number of hydrogen-bond donors (Lipinski definition) is 2. The number of rotatable bonds is 4. The molecule has 8 heteroatoms. The Bertz CT molecular complexity index is 775. The van der Waals surface area contributed by atoms with E-state index in [1.807, 2.05) is 6.92 Å². The number of hydrogen-bond acceptors (Lipinski definition) is 5. The normalized spacial score (nSPS) is 19.5. The Morgan fingerprint density at radius 1 is 1.25 bits per heavy atom. The average molecular weight is 414 g/mol. The van der Waals surface area contributed by atoms with Crippen LogP contribution < -0.4 is 4.48 Å². The van der Waals surface area contributed by atoms with E-state index in [1.165, 1.54) is 22.4 Å². The zero-order chi connectivity index (χ0) is 17.6. The van der Waals surface area contributed by atoms with Crippen LogP contribution in [0, 0.1) is 19.8 Å². The SMILES string of the molecule is Cc1nc([AsH2])c2nc(CN3CCCS3(O)O)n(CC(C)C)c2c1C. The van der Waals surface area contributed by atoms with Gasteiger partial charge in [-0.2, -0.15) is 0 Å². The van der Waals surface area contributed by atoms with Gasteiger partial charge in [0.1, 0.15) is 0 Å². The molecule has 2 N–H and O–H groups in total. The Hall–Kier alpha value is -0.592. The summed E-state index contributed by atoms with van der Waals surface area (Å²) < 4.78 is 25.5. The Morgan fingerprint density at radius 3 is 2.54 bits per heavy atom. The van der Waals surface area contributed by atoms with E-state index in [0.29, 0.717) is 24.8 Å². The number of aromatic nitrogens is 3. The predicted octanol–water partition coefficient (Wildman–Crippen LogP) is 1.83. The molecule has 24 heavy (non-hydrogen) atoms. The molecule has 0 radical (unpaired) electrons. The summed E-state index contributed by atoms with van der Waals surface area (Å²) in [6.07, 6.45) is 0.828. The fraction of sp³-hybridized carbons (Fsp3) is 0.625. The molecule has 134 valence electrons. The maximum absolute atomic E-state index is 10.2. The van der Waals surface area contributed by atoms with Gasteiger partial charge >= 0.3 is 154 Å². The van der Waals surface area contributed by atoms with Crippen molar-refractivity contribution in [1.82, 2.24) is 18.8 Å². The standard InChI is InChI=1S/C16H27AsN4O2S/c1-10(2)8-21-13(9-20-6-5-7-24(20,22)23)19-14-15(21)11(3)12(4)18-16(14)17/h10,22-23H,5-9,17H2,1-4H3. The van der Waals surface area contributed by atoms with E-state index in [-0.39, 0.29) is 0 Å². The van der Waals surface area contributed by atoms with Gasteiger partial charge in [0.2, 0.25) is 0 Å². The Balaban J connectivity index is 2.13. The van der Waals surface area contributed by atoms with Gasteiger partial charge in [-0.1, -0.05) is 0 Å². The minimum atomic E-state index is -2.63. The first-order valence-corrected chi connectivity index (χ1v) is 11.2. The molecule has 0 bridgehead atoms. The van der Waals surface area contributed by atoms with Crippen molar-refractivity contribution in [3.8, 4) is 0 Å². The topological polar surface area (TPSA) is 74.4 Å². The molecule has 1 aliphatic heterocycles. The molecular formula is C16H27AsN4O2S. The van der Waals surface area contributed by atoms with Crippen LogP contribution in [0.3, 0.4) is 0 Å². The fourth-order valence-electron chi connectivity index (χ4n) is 3.28. The van der Waals surface area contributed by atoms with E-state index in [0.717, 1.165) is 40.0 Å². The molecule has 2 aromatic heterocycles. The summed E-state index contributed by atoms with van der Waals surface area (Å²) in [7, 11) is -2.63. The molecule has 1 saturated heterocycles. The summed E-state index contributed by atoms with van der Waals surface area (Å²) in [6.45, 7) is 10.6. The third-order valence-corrected chi connectivity index (χ3v) is 7.40. The van der Waals surface area contributed by atoms with Crippen molar-refractivity contribution in [3.63, 3.8) is 0 Å². The number of nitrogens with zero attached hydrogens (tertiary/aromatic N) is 4. The van der Waals surface area contributed by atoms with Crippen LogP contribution in [0.5, 0.6) is 0 Å². The first kappa shape index (κ1) is 18.2. The van der Waals surface area contributed by atoms with Crippen molar-refractivity contribution in [3.05, 3.63) is 17.1 Å². The summed E-state index contributed by atoms with van der Waals surface area (Å²) in [6, 6.07) is 0. The summed E-state index contributed by atoms with van der Waals surface area (Å²) in [5.74, 6) is 1.87. The van der Waals surface area contributed by atoms with Crippen molar-refractivity contribution < 1.29 is 9.11 Å². The molecular weight excluding hydrogens is 387 g/mol. The van der Waals surface area contributed by atoms with Crippen LogP contribution in [0.15, 0.2) is 0 Å². The molecule has 3 rings (SSSR count). The molecule has 1 fully saturated rings. The van der Waals surface area contributed by atoms with E-state index in [9.17, 15) is 9.11 Å². The predicted molar refractivity (Wildman–Crippen MR) is 103 cm³/mol. The van der Waals surface area contributed by atoms with E-state index in [2.05, 4.69) is 30.3 Å². The Morgan fingerprint density at radius 2 is 1.96 bits per heavy atom. The molecule has 1 unspecified atom stereocenters. The van der Waals surface area contributed by atoms with E-state index in [1.54, 1.807) is 4.31 Å². The van der Waals surface area contributed by atoms with Crippen LogP contribution in [0.2, 0.25) is 0 Å². The fourth-order valence-corrected chi connectivity index (χ4v) is 5.63. The van der Waals surface area contributed by atoms with Crippen LogP contribution in [0.25, 0.3) is 11.0 Å². The van der Waals surface area contributed by atoms with Gasteiger partial charge in [0, 0.05) is 0 Å². The monoisotopic (exact) mass is 414 g/mol. The molecule has 0 spiro atoms. The zero-order valence-electron chi connectivity index (χ0n) is 14.8. The van der Waals surface area contributed by atoms with Gasteiger partial charge < -0.3 is 0 Å². The molecule has 1 atom stereocenters. The van der Waals surface area contributed by atoms with Crippen LogP contribution >= 0.6 is 10.8 Å². The van der Waals surface area contributed by atoms with Gasteiger partial charge in [-0.05, 0) is 0 Å². The average Bonchev–Trinajstić information content (AvgIpc) is 2.98. The summed E-state index contributed by atoms with van der Waals surface area (Å²) in [5, 5.41) is 0. The number of pyridine rings is 1. The molecule has 0 amide bonds. The maximum atomic E-state index is 10.2. The quantitative estimate of drug-likeness (QED) is 0.747. The second-order valence-electron chi connectivity index (χ2n) is 6.99. The minimum absolute atomic E-state index is 0.471. The molecule has 6 nitrogen and oxygen atoms in total. The van der Waals surface area contributed by atoms with Crippen molar-refractivity contribution in [1.29, 1.82) is 0 Å². The third kappa shape index (κ3) is 3.25.